The summed E-state index contributed by atoms with van der Waals surface area (Å²) in [6.07, 6.45) is 0. The van der Waals surface area contributed by atoms with E-state index in [1.54, 1.807) is 0 Å². The molecule has 13 nitrogen and oxygen atoms in total. The van der Waals surface area contributed by atoms with Crippen molar-refractivity contribution in [3.8, 4) is 0 Å². The maximum absolute atomic E-state index is 10.4. The minimum absolute atomic E-state index is 0. The molecule has 0 aromatic carbocycles. The van der Waals surface area contributed by atoms with Gasteiger partial charge in [0.25, 0.3) is 0 Å². The van der Waals surface area contributed by atoms with E-state index in [0.29, 0.717) is 0 Å². The van der Waals surface area contributed by atoms with Crippen LogP contribution < -0.4 is 26.6 Å². The molecule has 0 bridgehead atoms. The van der Waals surface area contributed by atoms with Gasteiger partial charge in [-0.15, -0.1) is 0 Å². The molecule has 14 heteroatoms. The van der Waals surface area contributed by atoms with E-state index in [4.69, 9.17) is 0 Å². The van der Waals surface area contributed by atoms with Gasteiger partial charge in [-0.1, -0.05) is 0 Å². The van der Waals surface area contributed by atoms with Gasteiger partial charge in [0.15, 0.2) is 0 Å². The predicted molar refractivity (Wildman–Crippen MR) is 66.1 cm³/mol. The average Bonchev–Trinajstić information content (AvgIpc) is 2.22. The number of quaternary nitrogens is 1. The van der Waals surface area contributed by atoms with Gasteiger partial charge in [0.2, 0.25) is 0 Å². The van der Waals surface area contributed by atoms with Crippen molar-refractivity contribution in [2.75, 3.05) is 39.3 Å². The Bertz CT molecular complexity index is 327. The third-order valence-corrected chi connectivity index (χ3v) is 2.14. The summed E-state index contributed by atoms with van der Waals surface area (Å²) in [5, 5.41) is 41.6. The van der Waals surface area contributed by atoms with Crippen molar-refractivity contribution in [1.82, 2.24) is 16.0 Å². The van der Waals surface area contributed by atoms with Crippen LogP contribution in [-0.4, -0.2) is 83.9 Å². The van der Waals surface area contributed by atoms with Crippen LogP contribution in [0.25, 0.3) is 0 Å². The molecule has 0 rings (SSSR count). The molecule has 8 N–H and O–H groups in total. The van der Waals surface area contributed by atoms with Gasteiger partial charge in [-0.2, -0.15) is 0 Å². The van der Waals surface area contributed by atoms with Crippen molar-refractivity contribution in [3.05, 3.63) is 0 Å². The van der Waals surface area contributed by atoms with Crippen LogP contribution in [0.2, 0.25) is 0 Å². The number of carboxylic acids is 4. The van der Waals surface area contributed by atoms with E-state index in [9.17, 15) is 39.6 Å². The Morgan fingerprint density at radius 2 is 0.750 bits per heavy atom. The number of nitrogens with zero attached hydrogens (tertiary/aromatic N) is 2. The maximum atomic E-state index is 10.4. The van der Waals surface area contributed by atoms with Crippen LogP contribution in [0.5, 0.6) is 0 Å². The monoisotopic (exact) mass is 398 g/mol. The number of rotatable bonds is 11. The molecule has 0 aliphatic heterocycles. The standard InChI is InChI=1S/C10H16N2O8.Fe.H3N.2H2O/c13-7(14)3-11(4-8(15)16)1-2-12(5-9(17)18)6-10(19)20;;;;/h1-6H2,(H,13,14)(H,15,16)(H,17,18)(H,19,20);;1H3;2*1H2/q;+3;;;/p-3. The second-order valence-electron chi connectivity index (χ2n) is 3.91. The SMILES string of the molecule is O.O.O=C([O-])CN(CCN(CC(=O)[O-])CC(=O)[O-])CC(=O)[O-].[Fe+3].[NH4+]. The molecule has 0 aliphatic rings. The van der Waals surface area contributed by atoms with Crippen LogP contribution in [0, 0.1) is 0 Å². The van der Waals surface area contributed by atoms with Crippen molar-refractivity contribution < 1.29 is 67.6 Å². The Kier molecular flexibility index (Phi) is 24.7. The summed E-state index contributed by atoms with van der Waals surface area (Å²) < 4.78 is 0. The van der Waals surface area contributed by atoms with Crippen molar-refractivity contribution >= 4 is 23.9 Å². The van der Waals surface area contributed by atoms with E-state index in [1.165, 1.54) is 0 Å². The molecule has 0 unspecified atom stereocenters. The molecule has 24 heavy (non-hydrogen) atoms. The minimum atomic E-state index is -1.53. The quantitative estimate of drug-likeness (QED) is 0.321. The van der Waals surface area contributed by atoms with Gasteiger partial charge < -0.3 is 56.7 Å². The molecule has 0 aliphatic carbocycles. The smallest absolute Gasteiger partial charge is 0.549 e. The molecule has 0 amide bonds. The fourth-order valence-corrected chi connectivity index (χ4v) is 1.44. The topological polar surface area (TPSA) is 266 Å². The zero-order valence-corrected chi connectivity index (χ0v) is 13.9. The van der Waals surface area contributed by atoms with E-state index in [-0.39, 0.29) is 47.3 Å². The zero-order chi connectivity index (χ0) is 15.7. The number of carboxylic acid groups (broad SMARTS) is 4. The number of carbonyl (C=O) groups excluding carboxylic acids is 4. The fourth-order valence-electron chi connectivity index (χ4n) is 1.44. The van der Waals surface area contributed by atoms with Gasteiger partial charge in [-0.3, -0.25) is 9.80 Å². The third-order valence-electron chi connectivity index (χ3n) is 2.14. The molecule has 0 saturated heterocycles. The van der Waals surface area contributed by atoms with E-state index in [1.807, 2.05) is 0 Å². The fraction of sp³-hybridized carbons (Fsp3) is 0.600. The first-order valence-corrected chi connectivity index (χ1v) is 5.44. The second kappa shape index (κ2) is 17.6. The molecular formula is C10H20FeN3O10. The Morgan fingerprint density at radius 1 is 0.583 bits per heavy atom. The average molecular weight is 398 g/mol. The van der Waals surface area contributed by atoms with E-state index < -0.39 is 50.1 Å². The molecule has 0 saturated carbocycles. The third kappa shape index (κ3) is 20.2. The van der Waals surface area contributed by atoms with Gasteiger partial charge in [-0.05, 0) is 0 Å². The number of hydrogen-bond donors (Lipinski definition) is 1. The van der Waals surface area contributed by atoms with Crippen LogP contribution >= 0.6 is 0 Å². The van der Waals surface area contributed by atoms with Crippen LogP contribution in [0.4, 0.5) is 0 Å². The number of hydrogen-bond acceptors (Lipinski definition) is 10. The molecule has 1 radical (unpaired) electrons. The maximum Gasteiger partial charge on any atom is 3.00 e. The minimum Gasteiger partial charge on any atom is -0.549 e. The van der Waals surface area contributed by atoms with Crippen LogP contribution in [0.15, 0.2) is 0 Å². The second-order valence-corrected chi connectivity index (χ2v) is 3.91. The Labute approximate surface area is 147 Å². The Hall–Kier alpha value is -1.80. The van der Waals surface area contributed by atoms with Crippen molar-refractivity contribution in [3.63, 3.8) is 0 Å². The molecule has 0 fully saturated rings. The zero-order valence-electron chi connectivity index (χ0n) is 12.8. The van der Waals surface area contributed by atoms with Crippen molar-refractivity contribution in [2.24, 2.45) is 0 Å². The van der Waals surface area contributed by atoms with E-state index in [0.717, 1.165) is 9.80 Å². The molecular weight excluding hydrogens is 378 g/mol. The van der Waals surface area contributed by atoms with E-state index in [2.05, 4.69) is 0 Å². The van der Waals surface area contributed by atoms with Gasteiger partial charge in [0, 0.05) is 39.3 Å². The molecule has 0 aromatic heterocycles. The summed E-state index contributed by atoms with van der Waals surface area (Å²) in [7, 11) is 0. The number of aliphatic carboxylic acids is 4. The molecule has 0 spiro atoms. The Morgan fingerprint density at radius 3 is 0.875 bits per heavy atom. The Balaban J connectivity index is -0.000000301. The van der Waals surface area contributed by atoms with Crippen LogP contribution in [0.3, 0.4) is 0 Å². The molecule has 0 atom stereocenters. The first-order chi connectivity index (χ1) is 9.20. The predicted octanol–water partition coefficient (Wildman–Crippen LogP) is -8.69. The van der Waals surface area contributed by atoms with Crippen molar-refractivity contribution in [2.45, 2.75) is 0 Å². The first-order valence-electron chi connectivity index (χ1n) is 5.44. The normalized spacial score (nSPS) is 8.92. The van der Waals surface area contributed by atoms with Crippen molar-refractivity contribution in [1.29, 1.82) is 0 Å². The summed E-state index contributed by atoms with van der Waals surface area (Å²) in [5.74, 6) is -6.12. The summed E-state index contributed by atoms with van der Waals surface area (Å²) >= 11 is 0. The van der Waals surface area contributed by atoms with E-state index >= 15 is 0 Å². The van der Waals surface area contributed by atoms with Crippen LogP contribution in [-0.2, 0) is 36.2 Å². The van der Waals surface area contributed by atoms with Gasteiger partial charge in [0.05, 0.1) is 23.9 Å². The summed E-state index contributed by atoms with van der Waals surface area (Å²) in [6.45, 7) is -3.25. The number of carbonyl (C=O) groups is 4. The summed E-state index contributed by atoms with van der Waals surface area (Å²) in [6, 6.07) is 0. The van der Waals surface area contributed by atoms with Gasteiger partial charge in [0.1, 0.15) is 0 Å². The largest absolute Gasteiger partial charge is 3.00 e. The molecule has 0 aromatic rings. The summed E-state index contributed by atoms with van der Waals surface area (Å²) in [4.78, 5) is 43.4. The first kappa shape index (κ1) is 33.7. The van der Waals surface area contributed by atoms with Crippen LogP contribution in [0.1, 0.15) is 0 Å². The molecule has 0 heterocycles. The van der Waals surface area contributed by atoms with Gasteiger partial charge in [-0.25, -0.2) is 0 Å². The molecule has 143 valence electrons. The van der Waals surface area contributed by atoms with Gasteiger partial charge >= 0.3 is 17.1 Å². The summed E-state index contributed by atoms with van der Waals surface area (Å²) in [5.41, 5.74) is 0.